The van der Waals surface area contributed by atoms with E-state index in [1.807, 2.05) is 29.3 Å². The van der Waals surface area contributed by atoms with E-state index in [2.05, 4.69) is 24.1 Å². The Hall–Kier alpha value is -2.07. The van der Waals surface area contributed by atoms with Crippen LogP contribution in [0.3, 0.4) is 0 Å². The molecule has 1 aromatic heterocycles. The largest absolute Gasteiger partial charge is 0.361 e. The normalized spacial score (nSPS) is 16.9. The number of benzene rings is 1. The minimum absolute atomic E-state index is 0.0488. The van der Waals surface area contributed by atoms with Gasteiger partial charge in [-0.15, -0.1) is 0 Å². The number of H-pyrrole nitrogens is 1. The molecular formula is C17H21N3O. The molecule has 1 atom stereocenters. The fourth-order valence-electron chi connectivity index (χ4n) is 2.96. The summed E-state index contributed by atoms with van der Waals surface area (Å²) in [6.07, 6.45) is 5.65. The molecule has 1 aliphatic heterocycles. The van der Waals surface area contributed by atoms with Gasteiger partial charge in [0.25, 0.3) is 0 Å². The van der Waals surface area contributed by atoms with E-state index in [1.54, 1.807) is 0 Å². The van der Waals surface area contributed by atoms with Crippen LogP contribution in [0.2, 0.25) is 0 Å². The summed E-state index contributed by atoms with van der Waals surface area (Å²) in [5.41, 5.74) is 9.59. The fraction of sp³-hybridized carbons (Fsp3) is 0.353. The summed E-state index contributed by atoms with van der Waals surface area (Å²) in [6.45, 7) is 3.54. The van der Waals surface area contributed by atoms with E-state index in [4.69, 9.17) is 5.73 Å². The second-order valence-corrected chi connectivity index (χ2v) is 5.77. The van der Waals surface area contributed by atoms with Gasteiger partial charge < -0.3 is 15.6 Å². The van der Waals surface area contributed by atoms with Gasteiger partial charge in [-0.1, -0.05) is 29.8 Å². The summed E-state index contributed by atoms with van der Waals surface area (Å²) in [4.78, 5) is 17.6. The Bertz CT molecular complexity index is 686. The van der Waals surface area contributed by atoms with E-state index in [0.717, 1.165) is 29.4 Å². The second-order valence-electron chi connectivity index (χ2n) is 5.77. The highest BCUT2D eigenvalue weighted by molar-refractivity contribution is 5.86. The lowest BCUT2D eigenvalue weighted by molar-refractivity contribution is -0.132. The maximum absolute atomic E-state index is 12.5. The van der Waals surface area contributed by atoms with Crippen molar-refractivity contribution in [2.45, 2.75) is 25.8 Å². The van der Waals surface area contributed by atoms with Crippen molar-refractivity contribution in [2.75, 3.05) is 13.1 Å². The number of hydrogen-bond donors (Lipinski definition) is 2. The summed E-state index contributed by atoms with van der Waals surface area (Å²) in [6, 6.07) is 7.62. The molecule has 1 amide bonds. The first-order valence-corrected chi connectivity index (χ1v) is 7.40. The smallest absolute Gasteiger partial charge is 0.240 e. The molecule has 3 rings (SSSR count). The van der Waals surface area contributed by atoms with Gasteiger partial charge in [0.1, 0.15) is 0 Å². The number of nitrogens with two attached hydrogens (primary N) is 1. The quantitative estimate of drug-likeness (QED) is 0.848. The number of amides is 1. The average molecular weight is 283 g/mol. The van der Waals surface area contributed by atoms with E-state index >= 15 is 0 Å². The van der Waals surface area contributed by atoms with Gasteiger partial charge in [0.05, 0.1) is 6.04 Å². The Morgan fingerprint density at radius 1 is 1.43 bits per heavy atom. The predicted octanol–water partition coefficient (Wildman–Crippen LogP) is 2.22. The van der Waals surface area contributed by atoms with Crippen LogP contribution in [0.1, 0.15) is 18.9 Å². The first-order valence-electron chi connectivity index (χ1n) is 7.40. The number of aromatic nitrogens is 1. The van der Waals surface area contributed by atoms with Crippen molar-refractivity contribution in [3.8, 4) is 0 Å². The Morgan fingerprint density at radius 2 is 2.24 bits per heavy atom. The van der Waals surface area contributed by atoms with Crippen LogP contribution in [0.15, 0.2) is 42.1 Å². The van der Waals surface area contributed by atoms with Crippen LogP contribution in [0.25, 0.3) is 10.9 Å². The summed E-state index contributed by atoms with van der Waals surface area (Å²) in [7, 11) is 0. The second kappa shape index (κ2) is 5.74. The van der Waals surface area contributed by atoms with Crippen molar-refractivity contribution in [3.63, 3.8) is 0 Å². The number of nitrogens with zero attached hydrogens (tertiary/aromatic N) is 1. The van der Waals surface area contributed by atoms with Gasteiger partial charge >= 0.3 is 0 Å². The van der Waals surface area contributed by atoms with Gasteiger partial charge in [0.2, 0.25) is 5.91 Å². The van der Waals surface area contributed by atoms with Gasteiger partial charge in [-0.3, -0.25) is 4.79 Å². The molecule has 3 N–H and O–H groups in total. The zero-order valence-corrected chi connectivity index (χ0v) is 12.3. The molecule has 0 saturated carbocycles. The third kappa shape index (κ3) is 2.85. The van der Waals surface area contributed by atoms with Crippen LogP contribution in [0.4, 0.5) is 0 Å². The first-order chi connectivity index (χ1) is 10.1. The van der Waals surface area contributed by atoms with Crippen molar-refractivity contribution in [2.24, 2.45) is 5.73 Å². The fourth-order valence-corrected chi connectivity index (χ4v) is 2.96. The SMILES string of the molecule is CC1=CCCN(C(=O)C(N)Cc2c[nH]c3ccccc23)C1. The van der Waals surface area contributed by atoms with Crippen LogP contribution in [-0.2, 0) is 11.2 Å². The Morgan fingerprint density at radius 3 is 3.05 bits per heavy atom. The van der Waals surface area contributed by atoms with E-state index in [9.17, 15) is 4.79 Å². The van der Waals surface area contributed by atoms with E-state index < -0.39 is 6.04 Å². The zero-order chi connectivity index (χ0) is 14.8. The van der Waals surface area contributed by atoms with Crippen LogP contribution >= 0.6 is 0 Å². The van der Waals surface area contributed by atoms with Crippen molar-refractivity contribution >= 4 is 16.8 Å². The molecule has 1 aliphatic rings. The molecule has 0 fully saturated rings. The minimum Gasteiger partial charge on any atom is -0.361 e. The standard InChI is InChI=1S/C17H21N3O/c1-12-5-4-8-20(11-12)17(21)15(18)9-13-10-19-16-7-3-2-6-14(13)16/h2-3,5-7,10,15,19H,4,8-9,11,18H2,1H3. The molecule has 0 spiro atoms. The van der Waals surface area contributed by atoms with Gasteiger partial charge in [-0.25, -0.2) is 0 Å². The third-order valence-corrected chi connectivity index (χ3v) is 4.08. The van der Waals surface area contributed by atoms with E-state index in [0.29, 0.717) is 13.0 Å². The van der Waals surface area contributed by atoms with Crippen LogP contribution in [0.5, 0.6) is 0 Å². The summed E-state index contributed by atoms with van der Waals surface area (Å²) in [5, 5.41) is 1.15. The highest BCUT2D eigenvalue weighted by Crippen LogP contribution is 2.19. The number of fused-ring (bicyclic) bond motifs is 1. The van der Waals surface area contributed by atoms with Crippen LogP contribution in [0, 0.1) is 0 Å². The van der Waals surface area contributed by atoms with Crippen LogP contribution in [-0.4, -0.2) is 34.9 Å². The van der Waals surface area contributed by atoms with Crippen molar-refractivity contribution in [1.82, 2.24) is 9.88 Å². The number of para-hydroxylation sites is 1. The summed E-state index contributed by atoms with van der Waals surface area (Å²) >= 11 is 0. The molecule has 0 saturated heterocycles. The van der Waals surface area contributed by atoms with Crippen molar-refractivity contribution < 1.29 is 4.79 Å². The Kier molecular flexibility index (Phi) is 3.80. The van der Waals surface area contributed by atoms with Gasteiger partial charge in [0, 0.05) is 30.2 Å². The zero-order valence-electron chi connectivity index (χ0n) is 12.3. The van der Waals surface area contributed by atoms with Gasteiger partial charge in [-0.05, 0) is 31.4 Å². The molecule has 21 heavy (non-hydrogen) atoms. The highest BCUT2D eigenvalue weighted by atomic mass is 16.2. The molecule has 4 heteroatoms. The molecule has 0 radical (unpaired) electrons. The first kappa shape index (κ1) is 13.9. The Balaban J connectivity index is 1.72. The number of rotatable bonds is 3. The van der Waals surface area contributed by atoms with E-state index in [1.165, 1.54) is 5.57 Å². The number of carbonyl (C=O) groups excluding carboxylic acids is 1. The molecule has 1 aromatic carbocycles. The maximum atomic E-state index is 12.5. The number of carbonyl (C=O) groups is 1. The molecule has 2 aromatic rings. The molecule has 110 valence electrons. The lowest BCUT2D eigenvalue weighted by atomic mass is 10.0. The lowest BCUT2D eigenvalue weighted by Gasteiger charge is -2.28. The maximum Gasteiger partial charge on any atom is 0.240 e. The van der Waals surface area contributed by atoms with E-state index in [-0.39, 0.29) is 5.91 Å². The summed E-state index contributed by atoms with van der Waals surface area (Å²) in [5.74, 6) is 0.0488. The number of aromatic amines is 1. The molecule has 1 unspecified atom stereocenters. The molecule has 0 bridgehead atoms. The number of nitrogens with one attached hydrogen (secondary N) is 1. The third-order valence-electron chi connectivity index (χ3n) is 4.08. The van der Waals surface area contributed by atoms with Gasteiger partial charge in [-0.2, -0.15) is 0 Å². The highest BCUT2D eigenvalue weighted by Gasteiger charge is 2.23. The van der Waals surface area contributed by atoms with Crippen molar-refractivity contribution in [1.29, 1.82) is 0 Å². The van der Waals surface area contributed by atoms with Crippen LogP contribution < -0.4 is 5.73 Å². The summed E-state index contributed by atoms with van der Waals surface area (Å²) < 4.78 is 0. The monoisotopic (exact) mass is 283 g/mol. The van der Waals surface area contributed by atoms with Gasteiger partial charge in [0.15, 0.2) is 0 Å². The topological polar surface area (TPSA) is 62.1 Å². The lowest BCUT2D eigenvalue weighted by Crippen LogP contribution is -2.46. The minimum atomic E-state index is -0.477. The molecule has 0 aliphatic carbocycles. The predicted molar refractivity (Wildman–Crippen MR) is 84.9 cm³/mol. The van der Waals surface area contributed by atoms with Crippen molar-refractivity contribution in [3.05, 3.63) is 47.7 Å². The number of hydrogen-bond acceptors (Lipinski definition) is 2. The average Bonchev–Trinajstić information content (AvgIpc) is 2.90. The molecular weight excluding hydrogens is 262 g/mol. The molecule has 4 nitrogen and oxygen atoms in total. The molecule has 2 heterocycles. The Labute approximate surface area is 124 Å².